The van der Waals surface area contributed by atoms with Crippen molar-refractivity contribution in [2.24, 2.45) is 4.99 Å². The molecule has 0 aliphatic heterocycles. The highest BCUT2D eigenvalue weighted by Gasteiger charge is 2.12. The lowest BCUT2D eigenvalue weighted by atomic mass is 10.1. The fraction of sp³-hybridized carbons (Fsp3) is 0.381. The van der Waals surface area contributed by atoms with Gasteiger partial charge in [-0.2, -0.15) is 0 Å². The molecule has 1 unspecified atom stereocenters. The molecule has 1 atom stereocenters. The van der Waals surface area contributed by atoms with Gasteiger partial charge in [0.05, 0.1) is 13.7 Å². The molecule has 0 heterocycles. The largest absolute Gasteiger partial charge is 0.496 e. The van der Waals surface area contributed by atoms with Gasteiger partial charge < -0.3 is 20.5 Å². The molecule has 0 amide bonds. The molecular weight excluding hydrogens is 472 g/mol. The predicted molar refractivity (Wildman–Crippen MR) is 122 cm³/mol. The molecule has 2 aromatic carbocycles. The van der Waals surface area contributed by atoms with E-state index >= 15 is 0 Å². The summed E-state index contributed by atoms with van der Waals surface area (Å²) in [6, 6.07) is 12.3. The molecule has 7 heteroatoms. The fourth-order valence-corrected chi connectivity index (χ4v) is 2.71. The van der Waals surface area contributed by atoms with Gasteiger partial charge in [-0.3, -0.25) is 4.99 Å². The molecule has 154 valence electrons. The Labute approximate surface area is 183 Å². The number of hydrogen-bond acceptors (Lipinski definition) is 3. The first-order valence-corrected chi connectivity index (χ1v) is 9.13. The molecule has 0 aliphatic carbocycles. The average molecular weight is 501 g/mol. The third kappa shape index (κ3) is 7.27. The zero-order valence-corrected chi connectivity index (χ0v) is 18.9. The van der Waals surface area contributed by atoms with E-state index in [-0.39, 0.29) is 36.1 Å². The van der Waals surface area contributed by atoms with Crippen LogP contribution in [0.25, 0.3) is 0 Å². The Morgan fingerprint density at radius 3 is 2.64 bits per heavy atom. The van der Waals surface area contributed by atoms with Crippen molar-refractivity contribution in [1.29, 1.82) is 0 Å². The van der Waals surface area contributed by atoms with Crippen LogP contribution >= 0.6 is 24.0 Å². The molecule has 0 aliphatic rings. The molecule has 2 rings (SSSR count). The Bertz CT molecular complexity index is 771. The average Bonchev–Trinajstić information content (AvgIpc) is 2.67. The number of guanidine groups is 1. The van der Waals surface area contributed by atoms with E-state index in [0.717, 1.165) is 23.3 Å². The number of aryl methyl sites for hydroxylation is 1. The number of halogens is 2. The van der Waals surface area contributed by atoms with Gasteiger partial charge in [0.15, 0.2) is 5.96 Å². The fourth-order valence-electron chi connectivity index (χ4n) is 2.71. The second-order valence-electron chi connectivity index (χ2n) is 6.24. The number of nitrogens with one attached hydrogen (secondary N) is 2. The number of hydrogen-bond donors (Lipinski definition) is 3. The first kappa shape index (κ1) is 24.2. The van der Waals surface area contributed by atoms with Gasteiger partial charge in [0.1, 0.15) is 17.7 Å². The van der Waals surface area contributed by atoms with Gasteiger partial charge in [-0.15, -0.1) is 24.0 Å². The summed E-state index contributed by atoms with van der Waals surface area (Å²) in [6.45, 7) is 5.43. The van der Waals surface area contributed by atoms with Crippen LogP contribution in [0.1, 0.15) is 29.7 Å². The Hall–Kier alpha value is -1.87. The number of aliphatic hydroxyl groups is 1. The molecule has 0 saturated heterocycles. The number of methoxy groups -OCH3 is 1. The summed E-state index contributed by atoms with van der Waals surface area (Å²) in [5.41, 5.74) is 2.52. The number of rotatable bonds is 8. The molecule has 0 spiro atoms. The summed E-state index contributed by atoms with van der Waals surface area (Å²) in [7, 11) is 1.67. The quantitative estimate of drug-likeness (QED) is 0.294. The van der Waals surface area contributed by atoms with Crippen LogP contribution in [0.15, 0.2) is 47.5 Å². The number of aliphatic hydroxyl groups excluding tert-OH is 1. The standard InChI is InChI=1S/C21H28FN3O2.HI/c1-4-23-21(25-14-19(26)17-7-5-6-8-18(17)22)24-12-11-16-10-9-15(2)20(13-16)27-3;/h5-10,13,19,26H,4,11-12,14H2,1-3H3,(H2,23,24,25);1H. The SMILES string of the molecule is CCNC(=NCC(O)c1ccccc1F)NCCc1ccc(C)c(OC)c1.I. The van der Waals surface area contributed by atoms with E-state index in [1.807, 2.05) is 26.0 Å². The highest BCUT2D eigenvalue weighted by molar-refractivity contribution is 14.0. The van der Waals surface area contributed by atoms with Crippen molar-refractivity contribution in [3.05, 3.63) is 65.0 Å². The zero-order valence-electron chi connectivity index (χ0n) is 16.5. The van der Waals surface area contributed by atoms with Gasteiger partial charge in [-0.1, -0.05) is 30.3 Å². The summed E-state index contributed by atoms with van der Waals surface area (Å²) in [5, 5.41) is 16.6. The van der Waals surface area contributed by atoms with Crippen molar-refractivity contribution in [2.75, 3.05) is 26.7 Å². The van der Waals surface area contributed by atoms with Gasteiger partial charge in [-0.05, 0) is 43.5 Å². The maximum absolute atomic E-state index is 13.7. The van der Waals surface area contributed by atoms with Gasteiger partial charge in [0.25, 0.3) is 0 Å². The van der Waals surface area contributed by atoms with E-state index in [9.17, 15) is 9.50 Å². The van der Waals surface area contributed by atoms with Crippen molar-refractivity contribution in [2.45, 2.75) is 26.4 Å². The van der Waals surface area contributed by atoms with E-state index in [1.54, 1.807) is 25.3 Å². The highest BCUT2D eigenvalue weighted by atomic mass is 127. The molecule has 0 radical (unpaired) electrons. The molecule has 0 bridgehead atoms. The van der Waals surface area contributed by atoms with Crippen LogP contribution in [0.4, 0.5) is 4.39 Å². The summed E-state index contributed by atoms with van der Waals surface area (Å²) in [6.07, 6.45) is -0.181. The van der Waals surface area contributed by atoms with Crippen molar-refractivity contribution in [3.63, 3.8) is 0 Å². The number of nitrogens with zero attached hydrogens (tertiary/aromatic N) is 1. The monoisotopic (exact) mass is 501 g/mol. The van der Waals surface area contributed by atoms with Crippen LogP contribution in [0.2, 0.25) is 0 Å². The first-order chi connectivity index (χ1) is 13.0. The number of aliphatic imine (C=N–C) groups is 1. The highest BCUT2D eigenvalue weighted by Crippen LogP contribution is 2.19. The van der Waals surface area contributed by atoms with Crippen LogP contribution < -0.4 is 15.4 Å². The van der Waals surface area contributed by atoms with Crippen molar-refractivity contribution >= 4 is 29.9 Å². The van der Waals surface area contributed by atoms with E-state index in [4.69, 9.17) is 4.74 Å². The molecule has 28 heavy (non-hydrogen) atoms. The van der Waals surface area contributed by atoms with Crippen LogP contribution in [-0.4, -0.2) is 37.8 Å². The minimum Gasteiger partial charge on any atom is -0.496 e. The molecule has 2 aromatic rings. The summed E-state index contributed by atoms with van der Waals surface area (Å²) in [4.78, 5) is 4.36. The Kier molecular flexibility index (Phi) is 10.8. The zero-order chi connectivity index (χ0) is 19.6. The van der Waals surface area contributed by atoms with E-state index in [1.165, 1.54) is 6.07 Å². The Morgan fingerprint density at radius 1 is 1.21 bits per heavy atom. The van der Waals surface area contributed by atoms with Crippen molar-refractivity contribution in [3.8, 4) is 5.75 Å². The van der Waals surface area contributed by atoms with Gasteiger partial charge in [0, 0.05) is 18.7 Å². The van der Waals surface area contributed by atoms with Crippen LogP contribution in [0.3, 0.4) is 0 Å². The smallest absolute Gasteiger partial charge is 0.191 e. The Balaban J connectivity index is 0.00000392. The normalized spacial score (nSPS) is 12.1. The topological polar surface area (TPSA) is 65.9 Å². The third-order valence-corrected chi connectivity index (χ3v) is 4.21. The maximum Gasteiger partial charge on any atom is 0.191 e. The Morgan fingerprint density at radius 2 is 1.96 bits per heavy atom. The van der Waals surface area contributed by atoms with E-state index in [0.29, 0.717) is 19.0 Å². The minimum absolute atomic E-state index is 0. The molecular formula is C21H29FIN3O2. The third-order valence-electron chi connectivity index (χ3n) is 4.21. The molecule has 3 N–H and O–H groups in total. The number of ether oxygens (including phenoxy) is 1. The second-order valence-corrected chi connectivity index (χ2v) is 6.24. The molecule has 0 fully saturated rings. The maximum atomic E-state index is 13.7. The summed E-state index contributed by atoms with van der Waals surface area (Å²) >= 11 is 0. The first-order valence-electron chi connectivity index (χ1n) is 9.13. The van der Waals surface area contributed by atoms with Crippen LogP contribution in [0, 0.1) is 12.7 Å². The number of benzene rings is 2. The van der Waals surface area contributed by atoms with Crippen LogP contribution in [-0.2, 0) is 6.42 Å². The molecule has 0 aromatic heterocycles. The van der Waals surface area contributed by atoms with E-state index < -0.39 is 11.9 Å². The lowest BCUT2D eigenvalue weighted by Gasteiger charge is -2.14. The summed E-state index contributed by atoms with van der Waals surface area (Å²) in [5.74, 6) is 1.04. The van der Waals surface area contributed by atoms with Gasteiger partial charge >= 0.3 is 0 Å². The van der Waals surface area contributed by atoms with Gasteiger partial charge in [-0.25, -0.2) is 4.39 Å². The van der Waals surface area contributed by atoms with Crippen LogP contribution in [0.5, 0.6) is 5.75 Å². The minimum atomic E-state index is -0.983. The van der Waals surface area contributed by atoms with Crippen molar-refractivity contribution < 1.29 is 14.2 Å². The second kappa shape index (κ2) is 12.6. The lowest BCUT2D eigenvalue weighted by Crippen LogP contribution is -2.38. The lowest BCUT2D eigenvalue weighted by molar-refractivity contribution is 0.182. The predicted octanol–water partition coefficient (Wildman–Crippen LogP) is 3.59. The van der Waals surface area contributed by atoms with Gasteiger partial charge in [0.2, 0.25) is 0 Å². The molecule has 5 nitrogen and oxygen atoms in total. The van der Waals surface area contributed by atoms with Crippen molar-refractivity contribution in [1.82, 2.24) is 10.6 Å². The molecule has 0 saturated carbocycles. The van der Waals surface area contributed by atoms with E-state index in [2.05, 4.69) is 21.7 Å². The summed E-state index contributed by atoms with van der Waals surface area (Å²) < 4.78 is 19.1.